The van der Waals surface area contributed by atoms with Crippen LogP contribution in [0.5, 0.6) is 0 Å². The number of hydrogen-bond donors (Lipinski definition) is 0. The van der Waals surface area contributed by atoms with Crippen LogP contribution in [0, 0.1) is 0 Å². The summed E-state index contributed by atoms with van der Waals surface area (Å²) in [7, 11) is 0. The molecule has 7 heteroatoms. The molecule has 1 fully saturated rings. The zero-order valence-electron chi connectivity index (χ0n) is 13.2. The third kappa shape index (κ3) is 2.68. The van der Waals surface area contributed by atoms with Crippen molar-refractivity contribution in [3.05, 3.63) is 60.3 Å². The van der Waals surface area contributed by atoms with E-state index in [0.717, 1.165) is 24.3 Å². The lowest BCUT2D eigenvalue weighted by Gasteiger charge is -2.28. The maximum Gasteiger partial charge on any atom is 0.254 e. The van der Waals surface area contributed by atoms with Gasteiger partial charge < -0.3 is 9.32 Å². The minimum Gasteiger partial charge on any atom is -0.467 e. The Hall–Kier alpha value is -2.96. The number of hydrogen-bond acceptors (Lipinski definition) is 5. The van der Waals surface area contributed by atoms with Crippen molar-refractivity contribution in [1.82, 2.24) is 25.1 Å². The number of aromatic nitrogens is 4. The van der Waals surface area contributed by atoms with Crippen molar-refractivity contribution in [2.75, 3.05) is 0 Å². The predicted molar refractivity (Wildman–Crippen MR) is 85.5 cm³/mol. The van der Waals surface area contributed by atoms with Gasteiger partial charge in [-0.05, 0) is 60.5 Å². The molecule has 1 aliphatic rings. The largest absolute Gasteiger partial charge is 0.467 e. The van der Waals surface area contributed by atoms with Crippen LogP contribution in [0.4, 0.5) is 0 Å². The molecule has 1 amide bonds. The van der Waals surface area contributed by atoms with Crippen LogP contribution in [0.25, 0.3) is 5.69 Å². The molecule has 0 spiro atoms. The molecule has 1 aromatic carbocycles. The van der Waals surface area contributed by atoms with Gasteiger partial charge in [0, 0.05) is 11.6 Å². The highest BCUT2D eigenvalue weighted by molar-refractivity contribution is 5.95. The molecular formula is C17H17N5O2. The third-order valence-electron chi connectivity index (χ3n) is 4.25. The number of tetrazole rings is 1. The topological polar surface area (TPSA) is 77.0 Å². The van der Waals surface area contributed by atoms with Gasteiger partial charge in [0.25, 0.3) is 5.91 Å². The van der Waals surface area contributed by atoms with E-state index in [9.17, 15) is 4.79 Å². The normalized spacial score (nSPS) is 15.2. The molecule has 1 saturated carbocycles. The Balaban J connectivity index is 1.65. The molecule has 1 atom stereocenters. The summed E-state index contributed by atoms with van der Waals surface area (Å²) in [4.78, 5) is 15.0. The summed E-state index contributed by atoms with van der Waals surface area (Å²) in [5.41, 5.74) is 1.38. The van der Waals surface area contributed by atoms with Crippen molar-refractivity contribution >= 4 is 5.91 Å². The van der Waals surface area contributed by atoms with Gasteiger partial charge in [-0.1, -0.05) is 6.07 Å². The Kier molecular flexibility index (Phi) is 3.60. The summed E-state index contributed by atoms with van der Waals surface area (Å²) in [6.45, 7) is 2.00. The first-order valence-corrected chi connectivity index (χ1v) is 7.93. The van der Waals surface area contributed by atoms with E-state index in [-0.39, 0.29) is 18.0 Å². The number of carbonyl (C=O) groups excluding carboxylic acids is 1. The second-order valence-corrected chi connectivity index (χ2v) is 5.94. The molecule has 7 nitrogen and oxygen atoms in total. The SMILES string of the molecule is C[C@@H](c1ccco1)N(C(=O)c1cccc(-n2cnnn2)c1)C1CC1. The Morgan fingerprint density at radius 2 is 2.21 bits per heavy atom. The highest BCUT2D eigenvalue weighted by Gasteiger charge is 2.37. The van der Waals surface area contributed by atoms with Gasteiger partial charge in [-0.25, -0.2) is 4.68 Å². The minimum absolute atomic E-state index is 0.00340. The van der Waals surface area contributed by atoms with Crippen molar-refractivity contribution < 1.29 is 9.21 Å². The monoisotopic (exact) mass is 323 g/mol. The van der Waals surface area contributed by atoms with Gasteiger partial charge in [0.05, 0.1) is 18.0 Å². The number of carbonyl (C=O) groups is 1. The first-order valence-electron chi connectivity index (χ1n) is 7.93. The zero-order chi connectivity index (χ0) is 16.5. The quantitative estimate of drug-likeness (QED) is 0.721. The molecule has 0 aliphatic heterocycles. The molecule has 0 bridgehead atoms. The van der Waals surface area contributed by atoms with E-state index >= 15 is 0 Å². The third-order valence-corrected chi connectivity index (χ3v) is 4.25. The van der Waals surface area contributed by atoms with Gasteiger partial charge in [-0.3, -0.25) is 4.79 Å². The van der Waals surface area contributed by atoms with Crippen molar-refractivity contribution in [3.8, 4) is 5.69 Å². The van der Waals surface area contributed by atoms with Crippen molar-refractivity contribution in [3.63, 3.8) is 0 Å². The molecule has 0 radical (unpaired) electrons. The summed E-state index contributed by atoms with van der Waals surface area (Å²) in [5, 5.41) is 11.1. The number of benzene rings is 1. The van der Waals surface area contributed by atoms with Crippen molar-refractivity contribution in [2.45, 2.75) is 31.8 Å². The second kappa shape index (κ2) is 5.92. The Bertz CT molecular complexity index is 825. The lowest BCUT2D eigenvalue weighted by atomic mass is 10.1. The average Bonchev–Trinajstić information content (AvgIpc) is 3.10. The fourth-order valence-electron chi connectivity index (χ4n) is 2.89. The van der Waals surface area contributed by atoms with Crippen LogP contribution < -0.4 is 0 Å². The number of rotatable bonds is 5. The van der Waals surface area contributed by atoms with Crippen LogP contribution in [0.1, 0.15) is 41.9 Å². The molecular weight excluding hydrogens is 306 g/mol. The van der Waals surface area contributed by atoms with Crippen LogP contribution in [0.2, 0.25) is 0 Å². The predicted octanol–water partition coefficient (Wildman–Crippen LogP) is 2.62. The number of furan rings is 1. The lowest BCUT2D eigenvalue weighted by molar-refractivity contribution is 0.0652. The standard InChI is InChI=1S/C17H17N5O2/c1-12(16-6-3-9-24-16)22(14-7-8-14)17(23)13-4-2-5-15(10-13)21-11-18-19-20-21/h2-6,9-12,14H,7-8H2,1H3/t12-/m0/s1. The van der Waals surface area contributed by atoms with Crippen LogP contribution in [0.15, 0.2) is 53.4 Å². The van der Waals surface area contributed by atoms with E-state index in [2.05, 4.69) is 15.5 Å². The van der Waals surface area contributed by atoms with E-state index in [1.54, 1.807) is 6.26 Å². The van der Waals surface area contributed by atoms with Gasteiger partial charge in [-0.2, -0.15) is 0 Å². The molecule has 2 aromatic heterocycles. The van der Waals surface area contributed by atoms with Gasteiger partial charge in [-0.15, -0.1) is 5.10 Å². The summed E-state index contributed by atoms with van der Waals surface area (Å²) >= 11 is 0. The molecule has 24 heavy (non-hydrogen) atoms. The Morgan fingerprint density at radius 1 is 1.33 bits per heavy atom. The molecule has 3 aromatic rings. The van der Waals surface area contributed by atoms with E-state index in [1.165, 1.54) is 11.0 Å². The molecule has 0 N–H and O–H groups in total. The fourth-order valence-corrected chi connectivity index (χ4v) is 2.89. The molecule has 0 saturated heterocycles. The Labute approximate surface area is 138 Å². The Morgan fingerprint density at radius 3 is 2.88 bits per heavy atom. The molecule has 4 rings (SSSR count). The zero-order valence-corrected chi connectivity index (χ0v) is 13.2. The van der Waals surface area contributed by atoms with Crippen LogP contribution in [0.3, 0.4) is 0 Å². The summed E-state index contributed by atoms with van der Waals surface area (Å²) in [6, 6.07) is 11.3. The number of nitrogens with zero attached hydrogens (tertiary/aromatic N) is 5. The molecule has 122 valence electrons. The molecule has 0 unspecified atom stereocenters. The minimum atomic E-state index is -0.100. The average molecular weight is 323 g/mol. The highest BCUT2D eigenvalue weighted by Crippen LogP contribution is 2.35. The van der Waals surface area contributed by atoms with Crippen LogP contribution in [-0.4, -0.2) is 37.1 Å². The number of amides is 1. The van der Waals surface area contributed by atoms with E-state index in [4.69, 9.17) is 4.42 Å². The van der Waals surface area contributed by atoms with E-state index in [0.29, 0.717) is 5.56 Å². The smallest absolute Gasteiger partial charge is 0.254 e. The van der Waals surface area contributed by atoms with Crippen molar-refractivity contribution in [2.24, 2.45) is 0 Å². The van der Waals surface area contributed by atoms with Gasteiger partial charge in [0.2, 0.25) is 0 Å². The second-order valence-electron chi connectivity index (χ2n) is 5.94. The van der Waals surface area contributed by atoms with Crippen molar-refractivity contribution in [1.29, 1.82) is 0 Å². The van der Waals surface area contributed by atoms with Gasteiger partial charge in [0.1, 0.15) is 12.1 Å². The lowest BCUT2D eigenvalue weighted by Crippen LogP contribution is -2.35. The van der Waals surface area contributed by atoms with Crippen LogP contribution >= 0.6 is 0 Å². The van der Waals surface area contributed by atoms with E-state index < -0.39 is 0 Å². The summed E-state index contributed by atoms with van der Waals surface area (Å²) in [6.07, 6.45) is 5.21. The van der Waals surface area contributed by atoms with Gasteiger partial charge in [0.15, 0.2) is 0 Å². The molecule has 2 heterocycles. The van der Waals surface area contributed by atoms with E-state index in [1.807, 2.05) is 48.2 Å². The first kappa shape index (κ1) is 14.6. The highest BCUT2D eigenvalue weighted by atomic mass is 16.3. The maximum absolute atomic E-state index is 13.1. The molecule has 1 aliphatic carbocycles. The first-order chi connectivity index (χ1) is 11.7. The maximum atomic E-state index is 13.1. The summed E-state index contributed by atoms with van der Waals surface area (Å²) < 4.78 is 7.03. The fraction of sp³-hybridized carbons (Fsp3) is 0.294. The van der Waals surface area contributed by atoms with Gasteiger partial charge >= 0.3 is 0 Å². The van der Waals surface area contributed by atoms with Crippen LogP contribution in [-0.2, 0) is 0 Å². The summed E-state index contributed by atoms with van der Waals surface area (Å²) in [5.74, 6) is 0.795.